The van der Waals surface area contributed by atoms with Crippen LogP contribution in [0.4, 0.5) is 5.69 Å². The summed E-state index contributed by atoms with van der Waals surface area (Å²) in [6.07, 6.45) is 1.62. The third kappa shape index (κ3) is 4.86. The molecule has 1 heterocycles. The highest BCUT2D eigenvalue weighted by Gasteiger charge is 2.27. The quantitative estimate of drug-likeness (QED) is 0.207. The van der Waals surface area contributed by atoms with Crippen LogP contribution in [0, 0.1) is 10.1 Å². The van der Waals surface area contributed by atoms with Crippen LogP contribution in [0.2, 0.25) is 5.02 Å². The summed E-state index contributed by atoms with van der Waals surface area (Å²) in [7, 11) is 1.47. The molecular formula is C24H17ClN2O6. The second-order valence-electron chi connectivity index (χ2n) is 6.99. The number of oxime groups is 1. The van der Waals surface area contributed by atoms with Crippen molar-refractivity contribution in [2.75, 3.05) is 7.11 Å². The monoisotopic (exact) mass is 464 g/mol. The SMILES string of the molecule is COc1cc(/C=C2\C(=O)ON=C2c2ccccc2)cc(Cl)c1OCc1ccc([N+](=O)[O-])cc1. The molecule has 3 aromatic carbocycles. The highest BCUT2D eigenvalue weighted by atomic mass is 35.5. The Bertz CT molecular complexity index is 1270. The van der Waals surface area contributed by atoms with E-state index in [-0.39, 0.29) is 17.3 Å². The van der Waals surface area contributed by atoms with Gasteiger partial charge in [0.1, 0.15) is 12.3 Å². The summed E-state index contributed by atoms with van der Waals surface area (Å²) in [6.45, 7) is 0.131. The number of benzene rings is 3. The second-order valence-corrected chi connectivity index (χ2v) is 7.40. The number of ether oxygens (including phenoxy) is 2. The van der Waals surface area contributed by atoms with Crippen LogP contribution in [0.25, 0.3) is 6.08 Å². The molecular weight excluding hydrogens is 448 g/mol. The average Bonchev–Trinajstić information content (AvgIpc) is 3.18. The van der Waals surface area contributed by atoms with E-state index in [4.69, 9.17) is 25.9 Å². The molecule has 1 aliphatic rings. The lowest BCUT2D eigenvalue weighted by Crippen LogP contribution is -2.06. The molecule has 0 atom stereocenters. The molecule has 4 rings (SSSR count). The lowest BCUT2D eigenvalue weighted by molar-refractivity contribution is -0.384. The molecule has 0 bridgehead atoms. The van der Waals surface area contributed by atoms with Crippen LogP contribution in [0.1, 0.15) is 16.7 Å². The summed E-state index contributed by atoms with van der Waals surface area (Å²) in [5.41, 5.74) is 2.78. The standard InChI is InChI=1S/C24H17ClN2O6/c1-31-21-13-16(11-19-22(26-33-24(19)28)17-5-3-2-4-6-17)12-20(25)23(21)32-14-15-7-9-18(10-8-15)27(29)30/h2-13H,14H2,1H3/b19-11-. The van der Waals surface area contributed by atoms with E-state index in [0.717, 1.165) is 11.1 Å². The van der Waals surface area contributed by atoms with E-state index in [0.29, 0.717) is 28.3 Å². The van der Waals surface area contributed by atoms with Gasteiger partial charge < -0.3 is 14.3 Å². The maximum absolute atomic E-state index is 12.3. The number of hydrogen-bond acceptors (Lipinski definition) is 7. The van der Waals surface area contributed by atoms with Gasteiger partial charge in [-0.05, 0) is 41.5 Å². The van der Waals surface area contributed by atoms with Gasteiger partial charge in [-0.15, -0.1) is 0 Å². The molecule has 8 nitrogen and oxygen atoms in total. The molecule has 0 fully saturated rings. The third-order valence-electron chi connectivity index (χ3n) is 4.84. The van der Waals surface area contributed by atoms with Crippen LogP contribution in [-0.4, -0.2) is 23.7 Å². The zero-order valence-corrected chi connectivity index (χ0v) is 18.1. The van der Waals surface area contributed by atoms with Crippen molar-refractivity contribution in [1.82, 2.24) is 0 Å². The Balaban J connectivity index is 1.59. The van der Waals surface area contributed by atoms with Crippen LogP contribution >= 0.6 is 11.6 Å². The van der Waals surface area contributed by atoms with Crippen molar-refractivity contribution in [3.63, 3.8) is 0 Å². The fourth-order valence-corrected chi connectivity index (χ4v) is 3.49. The smallest absolute Gasteiger partial charge is 0.368 e. The minimum Gasteiger partial charge on any atom is -0.493 e. The first-order chi connectivity index (χ1) is 16.0. The molecule has 9 heteroatoms. The molecule has 0 radical (unpaired) electrons. The van der Waals surface area contributed by atoms with Gasteiger partial charge >= 0.3 is 5.97 Å². The molecule has 0 N–H and O–H groups in total. The van der Waals surface area contributed by atoms with Crippen LogP contribution in [0.5, 0.6) is 11.5 Å². The van der Waals surface area contributed by atoms with Crippen molar-refractivity contribution in [2.24, 2.45) is 5.16 Å². The molecule has 166 valence electrons. The fourth-order valence-electron chi connectivity index (χ4n) is 3.21. The number of methoxy groups -OCH3 is 1. The van der Waals surface area contributed by atoms with E-state index in [2.05, 4.69) is 5.16 Å². The Hall–Kier alpha value is -4.17. The number of carbonyl (C=O) groups is 1. The van der Waals surface area contributed by atoms with Gasteiger partial charge in [0, 0.05) is 17.7 Å². The van der Waals surface area contributed by atoms with Gasteiger partial charge in [-0.1, -0.05) is 47.1 Å². The van der Waals surface area contributed by atoms with E-state index in [1.165, 1.54) is 19.2 Å². The Labute approximate surface area is 193 Å². The number of halogens is 1. The van der Waals surface area contributed by atoms with Crippen molar-refractivity contribution < 1.29 is 24.0 Å². The minimum atomic E-state index is -0.567. The van der Waals surface area contributed by atoms with Gasteiger partial charge in [-0.25, -0.2) is 4.79 Å². The summed E-state index contributed by atoms with van der Waals surface area (Å²) in [6, 6.07) is 18.5. The Morgan fingerprint density at radius 1 is 1.12 bits per heavy atom. The van der Waals surface area contributed by atoms with Crippen molar-refractivity contribution in [2.45, 2.75) is 6.61 Å². The topological polar surface area (TPSA) is 100 Å². The van der Waals surface area contributed by atoms with E-state index < -0.39 is 10.9 Å². The Morgan fingerprint density at radius 3 is 2.52 bits per heavy atom. The van der Waals surface area contributed by atoms with Gasteiger partial charge in [0.05, 0.1) is 22.6 Å². The van der Waals surface area contributed by atoms with Gasteiger partial charge in [0.2, 0.25) is 0 Å². The van der Waals surface area contributed by atoms with Crippen LogP contribution < -0.4 is 9.47 Å². The van der Waals surface area contributed by atoms with Crippen molar-refractivity contribution in [1.29, 1.82) is 0 Å². The zero-order valence-electron chi connectivity index (χ0n) is 17.4. The Morgan fingerprint density at radius 2 is 1.85 bits per heavy atom. The maximum Gasteiger partial charge on any atom is 0.368 e. The number of rotatable bonds is 7. The first-order valence-corrected chi connectivity index (χ1v) is 10.1. The highest BCUT2D eigenvalue weighted by molar-refractivity contribution is 6.33. The molecule has 0 saturated carbocycles. The van der Waals surface area contributed by atoms with E-state index in [1.807, 2.05) is 30.3 Å². The molecule has 0 unspecified atom stereocenters. The van der Waals surface area contributed by atoms with Crippen LogP contribution in [-0.2, 0) is 16.2 Å². The van der Waals surface area contributed by atoms with E-state index in [1.54, 1.807) is 30.3 Å². The number of carbonyl (C=O) groups excluding carboxylic acids is 1. The highest BCUT2D eigenvalue weighted by Crippen LogP contribution is 2.38. The Kier molecular flexibility index (Phi) is 6.37. The van der Waals surface area contributed by atoms with Crippen molar-refractivity contribution >= 4 is 35.0 Å². The number of nitro groups is 1. The molecule has 0 aliphatic carbocycles. The van der Waals surface area contributed by atoms with E-state index >= 15 is 0 Å². The maximum atomic E-state index is 12.3. The predicted octanol–water partition coefficient (Wildman–Crippen LogP) is 5.18. The largest absolute Gasteiger partial charge is 0.493 e. The lowest BCUT2D eigenvalue weighted by Gasteiger charge is -2.13. The molecule has 1 aliphatic heterocycles. The van der Waals surface area contributed by atoms with Gasteiger partial charge in [-0.3, -0.25) is 10.1 Å². The molecule has 0 spiro atoms. The van der Waals surface area contributed by atoms with E-state index in [9.17, 15) is 14.9 Å². The number of hydrogen-bond donors (Lipinski definition) is 0. The summed E-state index contributed by atoms with van der Waals surface area (Å²) in [5, 5.41) is 15.0. The zero-order chi connectivity index (χ0) is 23.4. The first kappa shape index (κ1) is 22.0. The third-order valence-corrected chi connectivity index (χ3v) is 5.12. The van der Waals surface area contributed by atoms with Crippen molar-refractivity contribution in [3.8, 4) is 11.5 Å². The predicted molar refractivity (Wildman–Crippen MR) is 122 cm³/mol. The van der Waals surface area contributed by atoms with Gasteiger partial charge in [0.25, 0.3) is 5.69 Å². The number of non-ortho nitro benzene ring substituents is 1. The first-order valence-electron chi connectivity index (χ1n) is 9.76. The van der Waals surface area contributed by atoms with Crippen LogP contribution in [0.15, 0.2) is 77.5 Å². The fraction of sp³-hybridized carbons (Fsp3) is 0.0833. The summed E-state index contributed by atoms with van der Waals surface area (Å²) < 4.78 is 11.3. The molecule has 0 saturated heterocycles. The molecule has 33 heavy (non-hydrogen) atoms. The second kappa shape index (κ2) is 9.54. The molecule has 3 aromatic rings. The van der Waals surface area contributed by atoms with Crippen LogP contribution in [0.3, 0.4) is 0 Å². The van der Waals surface area contributed by atoms with Crippen molar-refractivity contribution in [3.05, 3.63) is 104 Å². The molecule has 0 aromatic heterocycles. The number of nitrogens with zero attached hydrogens (tertiary/aromatic N) is 2. The minimum absolute atomic E-state index is 0.00407. The normalized spacial score (nSPS) is 14.1. The molecule has 0 amide bonds. The lowest BCUT2D eigenvalue weighted by atomic mass is 10.0. The van der Waals surface area contributed by atoms with Gasteiger partial charge in [0.15, 0.2) is 11.5 Å². The summed E-state index contributed by atoms with van der Waals surface area (Å²) >= 11 is 6.45. The average molecular weight is 465 g/mol. The number of nitro benzene ring substituents is 1. The summed E-state index contributed by atoms with van der Waals surface area (Å²) in [5.74, 6) is 0.105. The summed E-state index contributed by atoms with van der Waals surface area (Å²) in [4.78, 5) is 27.5. The van der Waals surface area contributed by atoms with Gasteiger partial charge in [-0.2, -0.15) is 0 Å².